The van der Waals surface area contributed by atoms with Crippen LogP contribution in [-0.2, 0) is 9.53 Å². The van der Waals surface area contributed by atoms with Gasteiger partial charge in [-0.2, -0.15) is 0 Å². The van der Waals surface area contributed by atoms with Gasteiger partial charge in [0.2, 0.25) is 5.91 Å². The van der Waals surface area contributed by atoms with Gasteiger partial charge in [-0.25, -0.2) is 0 Å². The van der Waals surface area contributed by atoms with Gasteiger partial charge in [-0.1, -0.05) is 6.92 Å². The Bertz CT molecular complexity index is 296. The van der Waals surface area contributed by atoms with Gasteiger partial charge in [-0.3, -0.25) is 4.79 Å². The number of rotatable bonds is 3. The molecule has 0 bridgehead atoms. The monoisotopic (exact) mass is 254 g/mol. The molecule has 4 nitrogen and oxygen atoms in total. The van der Waals surface area contributed by atoms with Crippen molar-refractivity contribution in [3.63, 3.8) is 0 Å². The number of nitrogens with one attached hydrogen (secondary N) is 1. The van der Waals surface area contributed by atoms with Crippen molar-refractivity contribution in [3.05, 3.63) is 0 Å². The summed E-state index contributed by atoms with van der Waals surface area (Å²) in [7, 11) is 0. The zero-order chi connectivity index (χ0) is 13.1. The highest BCUT2D eigenvalue weighted by molar-refractivity contribution is 5.78. The Morgan fingerprint density at radius 3 is 2.72 bits per heavy atom. The molecule has 2 rings (SSSR count). The van der Waals surface area contributed by atoms with E-state index in [2.05, 4.69) is 19.2 Å². The average Bonchev–Trinajstić information content (AvgIpc) is 2.75. The fourth-order valence-corrected chi connectivity index (χ4v) is 3.08. The highest BCUT2D eigenvalue weighted by Gasteiger charge is 2.30. The quantitative estimate of drug-likeness (QED) is 0.797. The van der Waals surface area contributed by atoms with E-state index in [4.69, 9.17) is 10.5 Å². The first-order chi connectivity index (χ1) is 8.58. The summed E-state index contributed by atoms with van der Waals surface area (Å²) < 4.78 is 5.51. The minimum Gasteiger partial charge on any atom is -0.378 e. The molecule has 0 aromatic rings. The number of carbonyl (C=O) groups is 1. The number of amides is 1. The topological polar surface area (TPSA) is 64.3 Å². The summed E-state index contributed by atoms with van der Waals surface area (Å²) in [6, 6.07) is 0.275. The van der Waals surface area contributed by atoms with Crippen LogP contribution in [0, 0.1) is 17.8 Å². The number of hydrogen-bond donors (Lipinski definition) is 2. The third-order valence-corrected chi connectivity index (χ3v) is 4.68. The van der Waals surface area contributed by atoms with Crippen LogP contribution in [0.15, 0.2) is 0 Å². The number of ether oxygens (including phenoxy) is 1. The molecule has 2 aliphatic rings. The number of hydrogen-bond acceptors (Lipinski definition) is 3. The summed E-state index contributed by atoms with van der Waals surface area (Å²) in [4.78, 5) is 12.1. The van der Waals surface area contributed by atoms with E-state index in [0.717, 1.165) is 38.8 Å². The minimum absolute atomic E-state index is 0.164. The van der Waals surface area contributed by atoms with Gasteiger partial charge in [0, 0.05) is 31.0 Å². The highest BCUT2D eigenvalue weighted by Crippen LogP contribution is 2.28. The second-order valence-corrected chi connectivity index (χ2v) is 6.02. The van der Waals surface area contributed by atoms with Gasteiger partial charge in [0.1, 0.15) is 0 Å². The SMILES string of the molecule is CC1CC(C(=O)NCC2CCOC2C)CCC1N. The van der Waals surface area contributed by atoms with Gasteiger partial charge < -0.3 is 15.8 Å². The van der Waals surface area contributed by atoms with Crippen molar-refractivity contribution in [1.29, 1.82) is 0 Å². The Morgan fingerprint density at radius 2 is 2.11 bits per heavy atom. The maximum atomic E-state index is 12.1. The molecule has 104 valence electrons. The van der Waals surface area contributed by atoms with Crippen LogP contribution >= 0.6 is 0 Å². The summed E-state index contributed by atoms with van der Waals surface area (Å²) in [5, 5.41) is 3.10. The Kier molecular flexibility index (Phi) is 4.62. The summed E-state index contributed by atoms with van der Waals surface area (Å²) >= 11 is 0. The second kappa shape index (κ2) is 6.02. The van der Waals surface area contributed by atoms with E-state index in [1.807, 2.05) is 0 Å². The molecule has 0 spiro atoms. The van der Waals surface area contributed by atoms with Gasteiger partial charge in [0.25, 0.3) is 0 Å². The number of nitrogens with two attached hydrogens (primary N) is 1. The van der Waals surface area contributed by atoms with Gasteiger partial charge in [-0.15, -0.1) is 0 Å². The first-order valence-corrected chi connectivity index (χ1v) is 7.22. The molecule has 0 aromatic heterocycles. The van der Waals surface area contributed by atoms with E-state index in [1.54, 1.807) is 0 Å². The molecule has 3 N–H and O–H groups in total. The van der Waals surface area contributed by atoms with E-state index in [9.17, 15) is 4.79 Å². The maximum absolute atomic E-state index is 12.1. The fourth-order valence-electron chi connectivity index (χ4n) is 3.08. The lowest BCUT2D eigenvalue weighted by atomic mass is 9.79. The smallest absolute Gasteiger partial charge is 0.223 e. The van der Waals surface area contributed by atoms with Crippen LogP contribution in [0.5, 0.6) is 0 Å². The summed E-state index contributed by atoms with van der Waals surface area (Å²) in [5.41, 5.74) is 5.98. The van der Waals surface area contributed by atoms with E-state index in [-0.39, 0.29) is 24.0 Å². The molecule has 1 heterocycles. The van der Waals surface area contributed by atoms with Gasteiger partial charge in [0.15, 0.2) is 0 Å². The van der Waals surface area contributed by atoms with E-state index in [0.29, 0.717) is 11.8 Å². The van der Waals surface area contributed by atoms with Crippen molar-refractivity contribution in [2.75, 3.05) is 13.2 Å². The molecule has 0 aromatic carbocycles. The normalized spacial score (nSPS) is 40.7. The van der Waals surface area contributed by atoms with Crippen molar-refractivity contribution in [2.24, 2.45) is 23.5 Å². The van der Waals surface area contributed by atoms with Crippen LogP contribution in [0.3, 0.4) is 0 Å². The predicted molar refractivity (Wildman–Crippen MR) is 71.0 cm³/mol. The standard InChI is InChI=1S/C14H26N2O2/c1-9-7-11(3-4-13(9)15)14(17)16-8-12-5-6-18-10(12)2/h9-13H,3-8,15H2,1-2H3,(H,16,17). The molecule has 5 atom stereocenters. The lowest BCUT2D eigenvalue weighted by Gasteiger charge is -2.31. The average molecular weight is 254 g/mol. The van der Waals surface area contributed by atoms with Crippen LogP contribution in [-0.4, -0.2) is 31.2 Å². The molecule has 1 aliphatic carbocycles. The molecule has 1 saturated heterocycles. The molecule has 5 unspecified atom stereocenters. The third-order valence-electron chi connectivity index (χ3n) is 4.68. The summed E-state index contributed by atoms with van der Waals surface area (Å²) in [6.07, 6.45) is 4.19. The zero-order valence-corrected chi connectivity index (χ0v) is 11.5. The third kappa shape index (κ3) is 3.23. The highest BCUT2D eigenvalue weighted by atomic mass is 16.5. The molecule has 0 radical (unpaired) electrons. The van der Waals surface area contributed by atoms with Crippen LogP contribution < -0.4 is 11.1 Å². The Morgan fingerprint density at radius 1 is 1.33 bits per heavy atom. The second-order valence-electron chi connectivity index (χ2n) is 6.02. The van der Waals surface area contributed by atoms with Crippen LogP contribution in [0.2, 0.25) is 0 Å². The molecule has 2 fully saturated rings. The summed E-state index contributed by atoms with van der Waals surface area (Å²) in [5.74, 6) is 1.32. The van der Waals surface area contributed by atoms with E-state index in [1.165, 1.54) is 0 Å². The van der Waals surface area contributed by atoms with Crippen LogP contribution in [0.25, 0.3) is 0 Å². The Labute approximate surface area is 110 Å². The first kappa shape index (κ1) is 13.8. The molecular weight excluding hydrogens is 228 g/mol. The molecule has 1 amide bonds. The van der Waals surface area contributed by atoms with Crippen molar-refractivity contribution in [3.8, 4) is 0 Å². The molecule has 1 saturated carbocycles. The van der Waals surface area contributed by atoms with Gasteiger partial charge >= 0.3 is 0 Å². The van der Waals surface area contributed by atoms with Gasteiger partial charge in [0.05, 0.1) is 6.10 Å². The molecular formula is C14H26N2O2. The van der Waals surface area contributed by atoms with Crippen molar-refractivity contribution in [2.45, 2.75) is 51.7 Å². The van der Waals surface area contributed by atoms with Gasteiger partial charge in [-0.05, 0) is 38.5 Å². The minimum atomic E-state index is 0.164. The zero-order valence-electron chi connectivity index (χ0n) is 11.5. The van der Waals surface area contributed by atoms with E-state index < -0.39 is 0 Å². The fraction of sp³-hybridized carbons (Fsp3) is 0.929. The Balaban J connectivity index is 1.74. The first-order valence-electron chi connectivity index (χ1n) is 7.22. The van der Waals surface area contributed by atoms with Crippen molar-refractivity contribution < 1.29 is 9.53 Å². The van der Waals surface area contributed by atoms with Crippen LogP contribution in [0.1, 0.15) is 39.5 Å². The lowest BCUT2D eigenvalue weighted by molar-refractivity contribution is -0.126. The molecule has 4 heteroatoms. The Hall–Kier alpha value is -0.610. The van der Waals surface area contributed by atoms with Crippen molar-refractivity contribution in [1.82, 2.24) is 5.32 Å². The van der Waals surface area contributed by atoms with Crippen LogP contribution in [0.4, 0.5) is 0 Å². The van der Waals surface area contributed by atoms with Crippen molar-refractivity contribution >= 4 is 5.91 Å². The largest absolute Gasteiger partial charge is 0.378 e. The lowest BCUT2D eigenvalue weighted by Crippen LogP contribution is -2.42. The number of carbonyl (C=O) groups excluding carboxylic acids is 1. The maximum Gasteiger partial charge on any atom is 0.223 e. The molecule has 18 heavy (non-hydrogen) atoms. The summed E-state index contributed by atoms with van der Waals surface area (Å²) in [6.45, 7) is 5.83. The molecule has 1 aliphatic heterocycles. The predicted octanol–water partition coefficient (Wildman–Crippen LogP) is 1.29. The van der Waals surface area contributed by atoms with E-state index >= 15 is 0 Å².